The van der Waals surface area contributed by atoms with E-state index in [9.17, 15) is 4.79 Å². The highest BCUT2D eigenvalue weighted by molar-refractivity contribution is 6.30. The lowest BCUT2D eigenvalue weighted by Gasteiger charge is -2.28. The molecule has 0 aliphatic carbocycles. The largest absolute Gasteiger partial charge is 0.368 e. The van der Waals surface area contributed by atoms with Crippen molar-refractivity contribution < 1.29 is 4.79 Å². The number of anilines is 2. The second kappa shape index (κ2) is 10.6. The van der Waals surface area contributed by atoms with Crippen LogP contribution in [0.15, 0.2) is 35.6 Å². The summed E-state index contributed by atoms with van der Waals surface area (Å²) in [7, 11) is 1.80. The summed E-state index contributed by atoms with van der Waals surface area (Å²) in [5, 5.41) is 14.9. The Bertz CT molecular complexity index is 881. The van der Waals surface area contributed by atoms with Gasteiger partial charge in [-0.1, -0.05) is 18.5 Å². The Balaban J connectivity index is 2.19. The Kier molecular flexibility index (Phi) is 8.15. The van der Waals surface area contributed by atoms with Crippen LogP contribution in [0.5, 0.6) is 0 Å². The maximum absolute atomic E-state index is 13.2. The lowest BCUT2D eigenvalue weighted by atomic mass is 10.0. The average Bonchev–Trinajstić information content (AvgIpc) is 2.71. The molecule has 2 aromatic rings. The molecule has 8 heteroatoms. The number of carbonyl (C=O) groups is 1. The van der Waals surface area contributed by atoms with Crippen LogP contribution in [-0.4, -0.2) is 47.9 Å². The number of halogens is 1. The fraction of sp³-hybridized carbons (Fsp3) is 0.333. The first-order valence-electron chi connectivity index (χ1n) is 9.39. The second-order valence-electron chi connectivity index (χ2n) is 6.76. The van der Waals surface area contributed by atoms with E-state index in [0.29, 0.717) is 28.6 Å². The highest BCUT2D eigenvalue weighted by Crippen LogP contribution is 2.23. The number of pyridine rings is 1. The molecule has 1 aromatic carbocycles. The van der Waals surface area contributed by atoms with E-state index in [1.54, 1.807) is 24.2 Å². The molecule has 29 heavy (non-hydrogen) atoms. The maximum Gasteiger partial charge on any atom is 0.256 e. The summed E-state index contributed by atoms with van der Waals surface area (Å²) in [5.41, 5.74) is 6.11. The van der Waals surface area contributed by atoms with Crippen LogP contribution >= 0.6 is 11.6 Å². The number of hydrogen-bond acceptors (Lipinski definition) is 6. The number of nitrogens with zero attached hydrogens (tertiary/aromatic N) is 3. The van der Waals surface area contributed by atoms with Gasteiger partial charge in [-0.2, -0.15) is 5.10 Å². The number of aromatic nitrogens is 1. The van der Waals surface area contributed by atoms with Crippen molar-refractivity contribution in [3.8, 4) is 0 Å². The number of hydrazone groups is 1. The van der Waals surface area contributed by atoms with Gasteiger partial charge in [-0.15, -0.1) is 0 Å². The van der Waals surface area contributed by atoms with Crippen LogP contribution in [0.1, 0.15) is 34.8 Å². The van der Waals surface area contributed by atoms with Crippen LogP contribution in [0.25, 0.3) is 0 Å². The molecule has 0 saturated carbocycles. The van der Waals surface area contributed by atoms with Crippen LogP contribution in [0, 0.1) is 19.3 Å². The third kappa shape index (κ3) is 6.02. The van der Waals surface area contributed by atoms with Crippen LogP contribution in [0.4, 0.5) is 11.5 Å². The van der Waals surface area contributed by atoms with Gasteiger partial charge < -0.3 is 15.6 Å². The number of benzene rings is 1. The lowest BCUT2D eigenvalue weighted by Crippen LogP contribution is -2.41. The van der Waals surface area contributed by atoms with Gasteiger partial charge in [-0.3, -0.25) is 10.2 Å². The Labute approximate surface area is 176 Å². The minimum atomic E-state index is -0.0987. The van der Waals surface area contributed by atoms with E-state index in [-0.39, 0.29) is 11.9 Å². The molecule has 1 amide bonds. The number of carbonyl (C=O) groups excluding carboxylic acids is 1. The Morgan fingerprint density at radius 2 is 2.07 bits per heavy atom. The molecule has 2 rings (SSSR count). The molecule has 0 saturated heterocycles. The van der Waals surface area contributed by atoms with Crippen LogP contribution in [0.3, 0.4) is 0 Å². The van der Waals surface area contributed by atoms with Gasteiger partial charge in [0.15, 0.2) is 0 Å². The molecule has 3 N–H and O–H groups in total. The standard InChI is InChI=1S/C21H27ClN6O/c1-5-17(13-25-20-7-6-16(22)12-24-20)28(4)21(29)18-10-14(2)15(3)11-19(18)27-26-9-8-23/h6-12,17,23,27H,5,13H2,1-4H3,(H,24,25)/b23-8?,26-9-. The van der Waals surface area contributed by atoms with Gasteiger partial charge in [0.1, 0.15) is 5.82 Å². The first kappa shape index (κ1) is 22.4. The first-order valence-corrected chi connectivity index (χ1v) is 9.77. The average molecular weight is 415 g/mol. The summed E-state index contributed by atoms with van der Waals surface area (Å²) in [6.45, 7) is 6.56. The van der Waals surface area contributed by atoms with Crippen LogP contribution in [-0.2, 0) is 0 Å². The monoisotopic (exact) mass is 414 g/mol. The van der Waals surface area contributed by atoms with Gasteiger partial charge in [-0.25, -0.2) is 4.98 Å². The smallest absolute Gasteiger partial charge is 0.256 e. The second-order valence-corrected chi connectivity index (χ2v) is 7.20. The van der Waals surface area contributed by atoms with E-state index in [1.807, 2.05) is 39.0 Å². The zero-order valence-electron chi connectivity index (χ0n) is 17.2. The molecule has 1 atom stereocenters. The fourth-order valence-corrected chi connectivity index (χ4v) is 2.96. The van der Waals surface area contributed by atoms with Crippen molar-refractivity contribution in [1.82, 2.24) is 9.88 Å². The van der Waals surface area contributed by atoms with E-state index >= 15 is 0 Å². The van der Waals surface area contributed by atoms with Crippen molar-refractivity contribution in [3.05, 3.63) is 52.2 Å². The Morgan fingerprint density at radius 1 is 1.34 bits per heavy atom. The number of amides is 1. The molecule has 0 aliphatic rings. The van der Waals surface area contributed by atoms with Crippen molar-refractivity contribution in [2.45, 2.75) is 33.2 Å². The van der Waals surface area contributed by atoms with Crippen molar-refractivity contribution in [3.63, 3.8) is 0 Å². The number of rotatable bonds is 9. The molecule has 0 bridgehead atoms. The van der Waals surface area contributed by atoms with E-state index in [1.165, 1.54) is 6.21 Å². The van der Waals surface area contributed by atoms with Gasteiger partial charge >= 0.3 is 0 Å². The Morgan fingerprint density at radius 3 is 2.69 bits per heavy atom. The highest BCUT2D eigenvalue weighted by atomic mass is 35.5. The van der Waals surface area contributed by atoms with Crippen LogP contribution < -0.4 is 10.7 Å². The molecular formula is C21H27ClN6O. The molecule has 1 unspecified atom stereocenters. The first-order chi connectivity index (χ1) is 13.9. The number of aryl methyl sites for hydroxylation is 2. The molecule has 0 radical (unpaired) electrons. The maximum atomic E-state index is 13.2. The van der Waals surface area contributed by atoms with E-state index in [2.05, 4.69) is 20.8 Å². The quantitative estimate of drug-likeness (QED) is 0.419. The van der Waals surface area contributed by atoms with Crippen molar-refractivity contribution in [2.75, 3.05) is 24.3 Å². The van der Waals surface area contributed by atoms with Gasteiger partial charge in [-0.05, 0) is 55.7 Å². The van der Waals surface area contributed by atoms with Crippen molar-refractivity contribution >= 4 is 41.4 Å². The lowest BCUT2D eigenvalue weighted by molar-refractivity contribution is 0.0737. The van der Waals surface area contributed by atoms with Gasteiger partial charge in [0.25, 0.3) is 5.91 Å². The molecule has 0 fully saturated rings. The molecule has 0 spiro atoms. The predicted octanol–water partition coefficient (Wildman–Crippen LogP) is 4.36. The minimum Gasteiger partial charge on any atom is -0.368 e. The van der Waals surface area contributed by atoms with Gasteiger partial charge in [0.05, 0.1) is 22.5 Å². The fourth-order valence-electron chi connectivity index (χ4n) is 2.84. The topological polar surface area (TPSA) is 93.5 Å². The molecule has 1 heterocycles. The van der Waals surface area contributed by atoms with Gasteiger partial charge in [0.2, 0.25) is 0 Å². The molecule has 1 aromatic heterocycles. The molecule has 0 aliphatic heterocycles. The molecule has 154 valence electrons. The third-order valence-corrected chi connectivity index (χ3v) is 5.01. The number of likely N-dealkylation sites (N-methyl/N-ethyl adjacent to an activating group) is 1. The van der Waals surface area contributed by atoms with Crippen LogP contribution in [0.2, 0.25) is 5.02 Å². The Hall–Kier alpha value is -2.93. The van der Waals surface area contributed by atoms with Crippen molar-refractivity contribution in [1.29, 1.82) is 5.41 Å². The zero-order chi connectivity index (χ0) is 21.4. The van der Waals surface area contributed by atoms with E-state index in [0.717, 1.165) is 23.8 Å². The van der Waals surface area contributed by atoms with E-state index in [4.69, 9.17) is 17.0 Å². The predicted molar refractivity (Wildman–Crippen MR) is 121 cm³/mol. The van der Waals surface area contributed by atoms with E-state index < -0.39 is 0 Å². The summed E-state index contributed by atoms with van der Waals surface area (Å²) < 4.78 is 0. The SMILES string of the molecule is CCC(CNc1ccc(Cl)cn1)N(C)C(=O)c1cc(C)c(C)cc1N/N=C\C=N. The molecular weight excluding hydrogens is 388 g/mol. The van der Waals surface area contributed by atoms with Gasteiger partial charge in [0, 0.05) is 32.0 Å². The third-order valence-electron chi connectivity index (χ3n) is 4.78. The number of hydrogen-bond donors (Lipinski definition) is 3. The summed E-state index contributed by atoms with van der Waals surface area (Å²) in [6, 6.07) is 7.32. The summed E-state index contributed by atoms with van der Waals surface area (Å²) >= 11 is 5.87. The molecule has 7 nitrogen and oxygen atoms in total. The van der Waals surface area contributed by atoms with Crippen molar-refractivity contribution in [2.24, 2.45) is 5.10 Å². The minimum absolute atomic E-state index is 0.0282. The zero-order valence-corrected chi connectivity index (χ0v) is 17.9. The summed E-state index contributed by atoms with van der Waals surface area (Å²) in [5.74, 6) is 0.613. The number of nitrogens with one attached hydrogen (secondary N) is 3. The summed E-state index contributed by atoms with van der Waals surface area (Å²) in [6.07, 6.45) is 4.76. The highest BCUT2D eigenvalue weighted by Gasteiger charge is 2.23. The summed E-state index contributed by atoms with van der Waals surface area (Å²) in [4.78, 5) is 19.2. The normalized spacial score (nSPS) is 11.9.